The molecule has 58 heavy (non-hydrogen) atoms. The molecule has 0 spiro atoms. The first-order chi connectivity index (χ1) is 27.3. The van der Waals surface area contributed by atoms with Crippen molar-refractivity contribution < 1.29 is 29.3 Å². The Bertz CT molecular complexity index is 2270. The molecule has 2 aliphatic heterocycles. The van der Waals surface area contributed by atoms with Crippen molar-refractivity contribution in [3.05, 3.63) is 127 Å². The average molecular weight is 813 g/mol. The molecule has 2 aromatic heterocycles. The number of carbonyl (C=O) groups is 2. The molecule has 0 fully saturated rings. The summed E-state index contributed by atoms with van der Waals surface area (Å²) < 4.78 is 9.25. The number of aliphatic hydroxyl groups is 1. The highest BCUT2D eigenvalue weighted by atomic mass is 28.4. The predicted octanol–water partition coefficient (Wildman–Crippen LogP) is 4.87. The molecule has 14 nitrogen and oxygen atoms in total. The molecule has 2 aromatic carbocycles. The fourth-order valence-corrected chi connectivity index (χ4v) is 8.81. The molecule has 1 aliphatic carbocycles. The van der Waals surface area contributed by atoms with Gasteiger partial charge in [0, 0.05) is 36.6 Å². The summed E-state index contributed by atoms with van der Waals surface area (Å²) in [5.74, 6) is -1.97. The summed E-state index contributed by atoms with van der Waals surface area (Å²) in [6.45, 7) is 18.4. The van der Waals surface area contributed by atoms with Gasteiger partial charge in [-0.25, -0.2) is 0 Å². The zero-order valence-corrected chi connectivity index (χ0v) is 35.8. The number of aryl methyl sites for hydroxylation is 2. The summed E-state index contributed by atoms with van der Waals surface area (Å²) in [4.78, 5) is 53.5. The smallest absolute Gasteiger partial charge is 0.278 e. The van der Waals surface area contributed by atoms with E-state index in [9.17, 15) is 34.5 Å². The summed E-state index contributed by atoms with van der Waals surface area (Å²) in [5.41, 5.74) is 6.40. The van der Waals surface area contributed by atoms with E-state index in [4.69, 9.17) is 4.43 Å². The van der Waals surface area contributed by atoms with E-state index >= 15 is 0 Å². The molecule has 2 unspecified atom stereocenters. The van der Waals surface area contributed by atoms with Gasteiger partial charge in [-0.15, -0.1) is 0 Å². The van der Waals surface area contributed by atoms with E-state index in [1.807, 2.05) is 57.0 Å². The summed E-state index contributed by atoms with van der Waals surface area (Å²) >= 11 is 0. The number of rotatable bonds is 7. The number of hydrogen-bond acceptors (Lipinski definition) is 10. The zero-order valence-electron chi connectivity index (χ0n) is 34.8. The lowest BCUT2D eigenvalue weighted by atomic mass is 9.93. The first-order valence-corrected chi connectivity index (χ1v) is 22.7. The Hall–Kier alpha value is -5.38. The average Bonchev–Trinajstić information content (AvgIpc) is 3.33. The molecule has 0 saturated carbocycles. The zero-order chi connectivity index (χ0) is 42.4. The van der Waals surface area contributed by atoms with Crippen molar-refractivity contribution in [2.75, 3.05) is 23.6 Å². The van der Waals surface area contributed by atoms with Gasteiger partial charge in [-0.1, -0.05) is 69.3 Å². The summed E-state index contributed by atoms with van der Waals surface area (Å²) in [5, 5.41) is 33.3. The first kappa shape index (κ1) is 42.2. The maximum atomic E-state index is 13.5. The topological polar surface area (TPSA) is 170 Å². The molecule has 3 aliphatic rings. The number of hydrogen-bond donors (Lipinski definition) is 4. The van der Waals surface area contributed by atoms with Gasteiger partial charge >= 0.3 is 0 Å². The van der Waals surface area contributed by atoms with Crippen molar-refractivity contribution in [2.24, 2.45) is 0 Å². The number of aromatic nitrogens is 2. The quantitative estimate of drug-likeness (QED) is 0.189. The minimum Gasteiger partial charge on any atom is -0.502 e. The fraction of sp³-hybridized carbons (Fsp3) is 0.442. The van der Waals surface area contributed by atoms with Gasteiger partial charge in [0.15, 0.2) is 31.2 Å². The van der Waals surface area contributed by atoms with Crippen molar-refractivity contribution in [3.63, 3.8) is 0 Å². The van der Waals surface area contributed by atoms with Gasteiger partial charge in [0.1, 0.15) is 12.3 Å². The molecular weight excluding hydrogens is 757 g/mol. The van der Waals surface area contributed by atoms with Crippen LogP contribution in [0.2, 0.25) is 18.1 Å². The fourth-order valence-electron chi connectivity index (χ4n) is 7.80. The van der Waals surface area contributed by atoms with Crippen LogP contribution in [-0.2, 0) is 17.3 Å². The number of benzene rings is 2. The molecule has 4 heterocycles. The van der Waals surface area contributed by atoms with E-state index < -0.39 is 42.7 Å². The van der Waals surface area contributed by atoms with Gasteiger partial charge in [0.25, 0.3) is 11.8 Å². The van der Waals surface area contributed by atoms with E-state index in [0.29, 0.717) is 6.61 Å². The normalized spacial score (nSPS) is 18.2. The molecule has 0 saturated heterocycles. The third kappa shape index (κ3) is 7.53. The van der Waals surface area contributed by atoms with Crippen molar-refractivity contribution in [1.29, 1.82) is 0 Å². The Morgan fingerprint density at radius 2 is 1.26 bits per heavy atom. The Morgan fingerprint density at radius 3 is 1.78 bits per heavy atom. The summed E-state index contributed by atoms with van der Waals surface area (Å²) in [6.07, 6.45) is 3.65. The van der Waals surface area contributed by atoms with E-state index in [0.717, 1.165) is 24.0 Å². The summed E-state index contributed by atoms with van der Waals surface area (Å²) in [6, 6.07) is 18.2. The lowest BCUT2D eigenvalue weighted by molar-refractivity contribution is 0.0327. The number of carbonyl (C=O) groups excluding carboxylic acids is 2. The van der Waals surface area contributed by atoms with Crippen LogP contribution < -0.4 is 21.3 Å². The van der Waals surface area contributed by atoms with Crippen molar-refractivity contribution in [1.82, 2.24) is 19.2 Å². The number of fused-ring (bicyclic) bond motifs is 4. The number of aromatic hydroxyl groups is 2. The minimum absolute atomic E-state index is 0.0372. The standard InChI is InChI=1S/C26H27N3O4.C17H29N3O4Si/c1-16(2)28-22(15-30)29(27-14-13-21(31)25(32)24(27)26(28)33)23-19-9-5-3-7-17(19)11-12-18-8-4-6-10-20(18)23;1-11(2)20-13(10-24-25(6,7)17(3,4)5)18-19-9-8-12(21)15(22)14(19)16(20)23/h3-10,13-14,16,22-23,30,32H,11-12,15H2,1-2H3;8-9,11,13,18,22H,10H2,1-7H3. The van der Waals surface area contributed by atoms with Crippen molar-refractivity contribution >= 4 is 20.1 Å². The first-order valence-electron chi connectivity index (χ1n) is 19.8. The Kier molecular flexibility index (Phi) is 11.7. The molecular formula is C43H56N6O8Si. The van der Waals surface area contributed by atoms with E-state index in [2.05, 4.69) is 63.6 Å². The lowest BCUT2D eigenvalue weighted by Gasteiger charge is -2.50. The number of nitrogens with zero attached hydrogens (tertiary/aromatic N) is 5. The van der Waals surface area contributed by atoms with Gasteiger partial charge < -0.3 is 35.0 Å². The SMILES string of the molecule is CC(C)N1C(=O)c2c(O)c(=O)ccn2N(C2c3ccccc3CCc3ccccc32)C1CO.CC(C)N1C(=O)c2c(O)c(=O)ccn2NC1CO[Si](C)(C)C(C)(C)C. The third-order valence-corrected chi connectivity index (χ3v) is 16.3. The number of amides is 2. The Morgan fingerprint density at radius 1 is 0.759 bits per heavy atom. The van der Waals surface area contributed by atoms with Crippen LogP contribution in [0.1, 0.15) is 97.7 Å². The van der Waals surface area contributed by atoms with Gasteiger partial charge in [0.05, 0.1) is 19.3 Å². The van der Waals surface area contributed by atoms with E-state index in [1.54, 1.807) is 14.5 Å². The molecule has 2 amide bonds. The predicted molar refractivity (Wildman–Crippen MR) is 225 cm³/mol. The van der Waals surface area contributed by atoms with Crippen molar-refractivity contribution in [3.8, 4) is 11.5 Å². The van der Waals surface area contributed by atoms with Crippen LogP contribution in [0.25, 0.3) is 0 Å². The van der Waals surface area contributed by atoms with Gasteiger partial charge in [-0.3, -0.25) is 33.5 Å². The second-order valence-electron chi connectivity index (χ2n) is 17.1. The largest absolute Gasteiger partial charge is 0.502 e. The molecule has 0 bridgehead atoms. The molecule has 310 valence electrons. The lowest BCUT2D eigenvalue weighted by Crippen LogP contribution is -2.65. The molecule has 7 rings (SSSR count). The molecule has 4 N–H and O–H groups in total. The van der Waals surface area contributed by atoms with Gasteiger partial charge in [-0.2, -0.15) is 0 Å². The van der Waals surface area contributed by atoms with Crippen LogP contribution in [0.4, 0.5) is 0 Å². The number of nitrogens with one attached hydrogen (secondary N) is 1. The number of pyridine rings is 2. The van der Waals surface area contributed by atoms with Crippen LogP contribution in [0.5, 0.6) is 11.5 Å². The maximum Gasteiger partial charge on any atom is 0.278 e. The van der Waals surface area contributed by atoms with Crippen LogP contribution in [-0.4, -0.2) is 92.2 Å². The van der Waals surface area contributed by atoms with E-state index in [-0.39, 0.29) is 53.2 Å². The number of aliphatic hydroxyl groups excluding tert-OH is 1. The van der Waals surface area contributed by atoms with Crippen LogP contribution in [0, 0.1) is 0 Å². The molecule has 15 heteroatoms. The molecule has 4 aromatic rings. The van der Waals surface area contributed by atoms with E-state index in [1.165, 1.54) is 40.3 Å². The molecule has 0 radical (unpaired) electrons. The Labute approximate surface area is 340 Å². The second kappa shape index (κ2) is 16.1. The Balaban J connectivity index is 0.000000204. The van der Waals surface area contributed by atoms with Gasteiger partial charge in [-0.05, 0) is 80.9 Å². The van der Waals surface area contributed by atoms with Crippen LogP contribution in [0.3, 0.4) is 0 Å². The maximum absolute atomic E-state index is 13.5. The van der Waals surface area contributed by atoms with Crippen LogP contribution in [0.15, 0.2) is 82.6 Å². The minimum atomic E-state index is -1.97. The van der Waals surface area contributed by atoms with Crippen molar-refractivity contribution in [2.45, 2.75) is 110 Å². The monoisotopic (exact) mass is 812 g/mol. The summed E-state index contributed by atoms with van der Waals surface area (Å²) in [7, 11) is -1.97. The second-order valence-corrected chi connectivity index (χ2v) is 22.0. The van der Waals surface area contributed by atoms with Gasteiger partial charge in [0.2, 0.25) is 10.9 Å². The highest BCUT2D eigenvalue weighted by molar-refractivity contribution is 6.74. The molecule has 2 atom stereocenters. The third-order valence-electron chi connectivity index (χ3n) is 11.8. The highest BCUT2D eigenvalue weighted by Crippen LogP contribution is 2.40. The highest BCUT2D eigenvalue weighted by Gasteiger charge is 2.45. The van der Waals surface area contributed by atoms with Crippen LogP contribution >= 0.6 is 0 Å².